The first-order valence-corrected chi connectivity index (χ1v) is 7.32. The Kier molecular flexibility index (Phi) is 4.95. The molecule has 1 fully saturated rings. The highest BCUT2D eigenvalue weighted by atomic mass is 79.9. The van der Waals surface area contributed by atoms with Crippen molar-refractivity contribution in [1.82, 2.24) is 10.6 Å². The van der Waals surface area contributed by atoms with E-state index in [4.69, 9.17) is 0 Å². The maximum atomic E-state index is 12.0. The highest BCUT2D eigenvalue weighted by Gasteiger charge is 2.30. The van der Waals surface area contributed by atoms with Crippen LogP contribution in [0.15, 0.2) is 28.7 Å². The van der Waals surface area contributed by atoms with Crippen LogP contribution in [0.5, 0.6) is 0 Å². The van der Waals surface area contributed by atoms with E-state index in [1.807, 2.05) is 12.1 Å². The van der Waals surface area contributed by atoms with Crippen LogP contribution in [0.25, 0.3) is 0 Å². The first kappa shape index (κ1) is 15.5. The van der Waals surface area contributed by atoms with Crippen molar-refractivity contribution in [1.29, 1.82) is 0 Å². The minimum Gasteiger partial charge on any atom is -0.480 e. The van der Waals surface area contributed by atoms with Crippen LogP contribution in [0.3, 0.4) is 0 Å². The average Bonchev–Trinajstić information content (AvgIpc) is 2.87. The molecule has 0 aliphatic carbocycles. The Labute approximate surface area is 130 Å². The van der Waals surface area contributed by atoms with Crippen molar-refractivity contribution in [2.75, 3.05) is 0 Å². The molecule has 0 unspecified atom stereocenters. The summed E-state index contributed by atoms with van der Waals surface area (Å²) >= 11 is 3.35. The molecule has 1 aliphatic heterocycles. The SMILES string of the molecule is O=C1CC[C@H](C(=O)N[C@@H](Cc2ccccc2Br)C(=O)O)N1. The number of amides is 2. The molecule has 2 atom stereocenters. The highest BCUT2D eigenvalue weighted by molar-refractivity contribution is 9.10. The summed E-state index contributed by atoms with van der Waals surface area (Å²) < 4.78 is 0.791. The lowest BCUT2D eigenvalue weighted by Crippen LogP contribution is -2.49. The van der Waals surface area contributed by atoms with Crippen LogP contribution < -0.4 is 10.6 Å². The van der Waals surface area contributed by atoms with Crippen molar-refractivity contribution in [2.45, 2.75) is 31.3 Å². The van der Waals surface area contributed by atoms with E-state index >= 15 is 0 Å². The van der Waals surface area contributed by atoms with Crippen molar-refractivity contribution in [3.8, 4) is 0 Å². The molecule has 0 radical (unpaired) electrons. The van der Waals surface area contributed by atoms with E-state index < -0.39 is 24.0 Å². The molecular formula is C14H15BrN2O4. The fourth-order valence-electron chi connectivity index (χ4n) is 2.17. The number of carbonyl (C=O) groups is 3. The van der Waals surface area contributed by atoms with Gasteiger partial charge < -0.3 is 15.7 Å². The summed E-state index contributed by atoms with van der Waals surface area (Å²) in [5.74, 6) is -1.75. The zero-order valence-electron chi connectivity index (χ0n) is 11.1. The molecule has 0 aromatic heterocycles. The van der Waals surface area contributed by atoms with Gasteiger partial charge in [-0.2, -0.15) is 0 Å². The van der Waals surface area contributed by atoms with Crippen molar-refractivity contribution < 1.29 is 19.5 Å². The van der Waals surface area contributed by atoms with Gasteiger partial charge in [-0.1, -0.05) is 34.1 Å². The lowest BCUT2D eigenvalue weighted by atomic mass is 10.1. The van der Waals surface area contributed by atoms with Crippen molar-refractivity contribution in [2.24, 2.45) is 0 Å². The minimum absolute atomic E-state index is 0.170. The van der Waals surface area contributed by atoms with E-state index in [2.05, 4.69) is 26.6 Å². The number of hydrogen-bond donors (Lipinski definition) is 3. The van der Waals surface area contributed by atoms with Gasteiger partial charge >= 0.3 is 5.97 Å². The molecule has 1 heterocycles. The maximum Gasteiger partial charge on any atom is 0.326 e. The number of nitrogens with one attached hydrogen (secondary N) is 2. The quantitative estimate of drug-likeness (QED) is 0.729. The predicted molar refractivity (Wildman–Crippen MR) is 78.6 cm³/mol. The van der Waals surface area contributed by atoms with Gasteiger partial charge in [-0.25, -0.2) is 4.79 Å². The Morgan fingerprint density at radius 2 is 2.14 bits per heavy atom. The van der Waals surface area contributed by atoms with Crippen molar-refractivity contribution in [3.05, 3.63) is 34.3 Å². The second-order valence-corrected chi connectivity index (χ2v) is 5.71. The minimum atomic E-state index is -1.11. The smallest absolute Gasteiger partial charge is 0.326 e. The lowest BCUT2D eigenvalue weighted by Gasteiger charge is -2.18. The van der Waals surface area contributed by atoms with Crippen LogP contribution in [-0.4, -0.2) is 35.0 Å². The number of aliphatic carboxylic acids is 1. The van der Waals surface area contributed by atoms with Crippen molar-refractivity contribution >= 4 is 33.7 Å². The van der Waals surface area contributed by atoms with Gasteiger partial charge in [0, 0.05) is 17.3 Å². The highest BCUT2D eigenvalue weighted by Crippen LogP contribution is 2.18. The first-order chi connectivity index (χ1) is 9.97. The summed E-state index contributed by atoms with van der Waals surface area (Å²) in [6.45, 7) is 0. The van der Waals surface area contributed by atoms with Crippen molar-refractivity contribution in [3.63, 3.8) is 0 Å². The standard InChI is InChI=1S/C14H15BrN2O4/c15-9-4-2-1-3-8(9)7-11(14(20)21)17-13(19)10-5-6-12(18)16-10/h1-4,10-11H,5-7H2,(H,16,18)(H,17,19)(H,20,21)/t10-,11+/m1/s1. The molecule has 0 bridgehead atoms. The van der Waals surface area contributed by atoms with Crippen LogP contribution in [0.2, 0.25) is 0 Å². The molecule has 2 amide bonds. The summed E-state index contributed by atoms with van der Waals surface area (Å²) in [4.78, 5) is 34.4. The van der Waals surface area contributed by atoms with E-state index in [-0.39, 0.29) is 12.3 Å². The van der Waals surface area contributed by atoms with Gasteiger partial charge in [-0.3, -0.25) is 9.59 Å². The second-order valence-electron chi connectivity index (χ2n) is 4.85. The monoisotopic (exact) mass is 354 g/mol. The molecule has 21 heavy (non-hydrogen) atoms. The third-order valence-corrected chi connectivity index (χ3v) is 4.08. The summed E-state index contributed by atoms with van der Waals surface area (Å²) in [5.41, 5.74) is 0.792. The molecule has 1 aromatic rings. The summed E-state index contributed by atoms with van der Waals surface area (Å²) in [6.07, 6.45) is 0.856. The van der Waals surface area contributed by atoms with Crippen LogP contribution in [-0.2, 0) is 20.8 Å². The molecule has 1 aromatic carbocycles. The number of benzene rings is 1. The number of halogens is 1. The van der Waals surface area contributed by atoms with Crippen LogP contribution >= 0.6 is 15.9 Å². The molecule has 7 heteroatoms. The number of carboxylic acid groups (broad SMARTS) is 1. The molecule has 6 nitrogen and oxygen atoms in total. The number of carbonyl (C=O) groups excluding carboxylic acids is 2. The van der Waals surface area contributed by atoms with E-state index in [9.17, 15) is 19.5 Å². The predicted octanol–water partition coefficient (Wildman–Crippen LogP) is 0.840. The van der Waals surface area contributed by atoms with Gasteiger partial charge in [-0.15, -0.1) is 0 Å². The van der Waals surface area contributed by atoms with Gasteiger partial charge in [-0.05, 0) is 18.1 Å². The fraction of sp³-hybridized carbons (Fsp3) is 0.357. The normalized spacial score (nSPS) is 18.9. The maximum absolute atomic E-state index is 12.0. The summed E-state index contributed by atoms with van der Waals surface area (Å²) in [5, 5.41) is 14.3. The number of rotatable bonds is 5. The molecule has 0 spiro atoms. The molecule has 0 saturated carbocycles. The Morgan fingerprint density at radius 3 is 2.71 bits per heavy atom. The zero-order valence-corrected chi connectivity index (χ0v) is 12.7. The van der Waals surface area contributed by atoms with E-state index in [1.165, 1.54) is 0 Å². The van der Waals surface area contributed by atoms with Gasteiger partial charge in [0.1, 0.15) is 12.1 Å². The van der Waals surface area contributed by atoms with Gasteiger partial charge in [0.05, 0.1) is 0 Å². The lowest BCUT2D eigenvalue weighted by molar-refractivity contribution is -0.142. The van der Waals surface area contributed by atoms with Gasteiger partial charge in [0.2, 0.25) is 11.8 Å². The van der Waals surface area contributed by atoms with Crippen LogP contribution in [0, 0.1) is 0 Å². The Balaban J connectivity index is 2.03. The molecule has 1 saturated heterocycles. The van der Waals surface area contributed by atoms with E-state index in [0.29, 0.717) is 12.8 Å². The topological polar surface area (TPSA) is 95.5 Å². The Bertz CT molecular complexity index is 576. The van der Waals surface area contributed by atoms with Crippen LogP contribution in [0.4, 0.5) is 0 Å². The molecule has 3 N–H and O–H groups in total. The first-order valence-electron chi connectivity index (χ1n) is 6.53. The largest absolute Gasteiger partial charge is 0.480 e. The molecule has 1 aliphatic rings. The number of hydrogen-bond acceptors (Lipinski definition) is 3. The van der Waals surface area contributed by atoms with E-state index in [0.717, 1.165) is 10.0 Å². The molecular weight excluding hydrogens is 340 g/mol. The average molecular weight is 355 g/mol. The van der Waals surface area contributed by atoms with E-state index in [1.54, 1.807) is 12.1 Å². The Hall–Kier alpha value is -1.89. The van der Waals surface area contributed by atoms with Gasteiger partial charge in [0.25, 0.3) is 0 Å². The van der Waals surface area contributed by atoms with Crippen LogP contribution in [0.1, 0.15) is 18.4 Å². The fourth-order valence-corrected chi connectivity index (χ4v) is 2.61. The van der Waals surface area contributed by atoms with Gasteiger partial charge in [0.15, 0.2) is 0 Å². The molecule has 112 valence electrons. The third-order valence-electron chi connectivity index (χ3n) is 3.31. The molecule has 2 rings (SSSR count). The summed E-state index contributed by atoms with van der Waals surface area (Å²) in [7, 11) is 0. The summed E-state index contributed by atoms with van der Waals surface area (Å²) in [6, 6.07) is 5.57. The zero-order chi connectivity index (χ0) is 15.4. The third kappa shape index (κ3) is 4.04. The second kappa shape index (κ2) is 6.71. The Morgan fingerprint density at radius 1 is 1.43 bits per heavy atom. The number of carboxylic acids is 1.